The molecule has 0 bridgehead atoms. The number of hydrogen-bond donors (Lipinski definition) is 1. The molecule has 1 amide bonds. The van der Waals surface area contributed by atoms with Crippen molar-refractivity contribution in [1.29, 1.82) is 5.26 Å². The summed E-state index contributed by atoms with van der Waals surface area (Å²) in [5.41, 5.74) is 0.215. The second kappa shape index (κ2) is 6.43. The summed E-state index contributed by atoms with van der Waals surface area (Å²) in [5, 5.41) is 11.7. The van der Waals surface area contributed by atoms with Gasteiger partial charge in [-0.15, -0.1) is 0 Å². The van der Waals surface area contributed by atoms with Crippen LogP contribution in [0.25, 0.3) is 0 Å². The molecule has 1 aromatic rings. The molecule has 0 aliphatic rings. The van der Waals surface area contributed by atoms with Gasteiger partial charge in [-0.25, -0.2) is 4.98 Å². The number of nitrogens with zero attached hydrogens (tertiary/aromatic N) is 2. The van der Waals surface area contributed by atoms with E-state index in [2.05, 4.69) is 10.3 Å². The van der Waals surface area contributed by atoms with Crippen LogP contribution in [0.4, 0.5) is 0 Å². The molecule has 1 rings (SSSR count). The summed E-state index contributed by atoms with van der Waals surface area (Å²) in [5.74, 6) is -0.417. The van der Waals surface area contributed by atoms with E-state index in [9.17, 15) is 4.79 Å². The highest BCUT2D eigenvalue weighted by Gasteiger charge is 2.15. The van der Waals surface area contributed by atoms with Gasteiger partial charge in [-0.1, -0.05) is 36.5 Å². The minimum atomic E-state index is -0.515. The van der Waals surface area contributed by atoms with Gasteiger partial charge < -0.3 is 5.32 Å². The summed E-state index contributed by atoms with van der Waals surface area (Å²) in [4.78, 5) is 15.6. The Morgan fingerprint density at radius 3 is 2.82 bits per heavy atom. The van der Waals surface area contributed by atoms with Crippen LogP contribution in [0.3, 0.4) is 0 Å². The Morgan fingerprint density at radius 2 is 2.29 bits per heavy atom. The van der Waals surface area contributed by atoms with Gasteiger partial charge in [-0.3, -0.25) is 4.79 Å². The number of rotatable bonds is 4. The quantitative estimate of drug-likeness (QED) is 0.857. The second-order valence-electron chi connectivity index (χ2n) is 3.42. The van der Waals surface area contributed by atoms with Crippen LogP contribution in [0.2, 0.25) is 10.3 Å². The first kappa shape index (κ1) is 13.8. The normalized spacial score (nSPS) is 11.6. The van der Waals surface area contributed by atoms with E-state index >= 15 is 0 Å². The van der Waals surface area contributed by atoms with Gasteiger partial charge in [0, 0.05) is 0 Å². The van der Waals surface area contributed by atoms with Crippen molar-refractivity contribution in [3.63, 3.8) is 0 Å². The van der Waals surface area contributed by atoms with Crippen LogP contribution < -0.4 is 5.32 Å². The van der Waals surface area contributed by atoms with Crippen LogP contribution >= 0.6 is 23.2 Å². The molecule has 0 saturated carbocycles. The van der Waals surface area contributed by atoms with Crippen LogP contribution in [0.1, 0.15) is 30.1 Å². The number of pyridine rings is 1. The Labute approximate surface area is 110 Å². The van der Waals surface area contributed by atoms with E-state index in [0.29, 0.717) is 6.42 Å². The fourth-order valence-corrected chi connectivity index (χ4v) is 1.71. The molecule has 1 heterocycles. The maximum atomic E-state index is 11.8. The van der Waals surface area contributed by atoms with Crippen LogP contribution in [0, 0.1) is 11.3 Å². The lowest BCUT2D eigenvalue weighted by molar-refractivity contribution is 0.0943. The van der Waals surface area contributed by atoms with Gasteiger partial charge in [0.05, 0.1) is 11.6 Å². The van der Waals surface area contributed by atoms with E-state index < -0.39 is 11.9 Å². The number of aromatic nitrogens is 1. The van der Waals surface area contributed by atoms with E-state index in [1.165, 1.54) is 12.1 Å². The van der Waals surface area contributed by atoms with E-state index in [1.807, 2.05) is 13.0 Å². The van der Waals surface area contributed by atoms with Gasteiger partial charge in [0.1, 0.15) is 16.3 Å². The number of amides is 1. The van der Waals surface area contributed by atoms with Crippen LogP contribution in [0.15, 0.2) is 12.1 Å². The zero-order chi connectivity index (χ0) is 12.8. The second-order valence-corrected chi connectivity index (χ2v) is 4.16. The smallest absolute Gasteiger partial charge is 0.255 e. The maximum absolute atomic E-state index is 11.8. The molecule has 0 saturated heterocycles. The molecule has 0 aromatic carbocycles. The van der Waals surface area contributed by atoms with Crippen molar-refractivity contribution in [2.75, 3.05) is 0 Å². The highest BCUT2D eigenvalue weighted by atomic mass is 35.5. The Bertz CT molecular complexity index is 457. The Hall–Kier alpha value is -1.31. The summed E-state index contributed by atoms with van der Waals surface area (Å²) in [7, 11) is 0. The highest BCUT2D eigenvalue weighted by molar-refractivity contribution is 6.34. The molecule has 0 aliphatic carbocycles. The highest BCUT2D eigenvalue weighted by Crippen LogP contribution is 2.16. The lowest BCUT2D eigenvalue weighted by Crippen LogP contribution is -2.33. The van der Waals surface area contributed by atoms with Crippen molar-refractivity contribution in [2.24, 2.45) is 0 Å². The summed E-state index contributed by atoms with van der Waals surface area (Å²) < 4.78 is 0. The van der Waals surface area contributed by atoms with Gasteiger partial charge in [-0.2, -0.15) is 5.26 Å². The number of nitrogens with one attached hydrogen (secondary N) is 1. The fraction of sp³-hybridized carbons (Fsp3) is 0.364. The van der Waals surface area contributed by atoms with Crippen molar-refractivity contribution < 1.29 is 4.79 Å². The molecule has 17 heavy (non-hydrogen) atoms. The molecule has 1 N–H and O–H groups in total. The van der Waals surface area contributed by atoms with Crippen LogP contribution in [0.5, 0.6) is 0 Å². The van der Waals surface area contributed by atoms with Crippen molar-refractivity contribution >= 4 is 29.1 Å². The lowest BCUT2D eigenvalue weighted by atomic mass is 10.1. The average molecular weight is 272 g/mol. The van der Waals surface area contributed by atoms with Gasteiger partial charge in [-0.05, 0) is 18.6 Å². The molecule has 0 aliphatic heterocycles. The molecule has 1 atom stereocenters. The third-order valence-corrected chi connectivity index (χ3v) is 2.60. The van der Waals surface area contributed by atoms with Gasteiger partial charge in [0.25, 0.3) is 5.91 Å². The molecule has 4 nitrogen and oxygen atoms in total. The van der Waals surface area contributed by atoms with Crippen molar-refractivity contribution in [3.8, 4) is 6.07 Å². The number of nitriles is 1. The number of carbonyl (C=O) groups excluding carboxylic acids is 1. The number of carbonyl (C=O) groups is 1. The van der Waals surface area contributed by atoms with Gasteiger partial charge >= 0.3 is 0 Å². The summed E-state index contributed by atoms with van der Waals surface area (Å²) in [6.45, 7) is 1.94. The van der Waals surface area contributed by atoms with E-state index in [0.717, 1.165) is 6.42 Å². The minimum absolute atomic E-state index is 0.0307. The van der Waals surface area contributed by atoms with Gasteiger partial charge in [0.15, 0.2) is 0 Å². The summed E-state index contributed by atoms with van der Waals surface area (Å²) in [6, 6.07) is 4.45. The van der Waals surface area contributed by atoms with Crippen LogP contribution in [-0.4, -0.2) is 16.9 Å². The molecule has 6 heteroatoms. The molecule has 1 unspecified atom stereocenters. The standard InChI is InChI=1S/C11H11Cl2N3O/c1-2-3-7(6-14)15-11(17)8-4-5-9(12)16-10(8)13/h4-5,7H,2-3H2,1H3,(H,15,17). The number of halogens is 2. The van der Waals surface area contributed by atoms with E-state index in [-0.39, 0.29) is 15.9 Å². The summed E-state index contributed by atoms with van der Waals surface area (Å²) in [6.07, 6.45) is 1.41. The van der Waals surface area contributed by atoms with Crippen molar-refractivity contribution in [1.82, 2.24) is 10.3 Å². The third-order valence-electron chi connectivity index (χ3n) is 2.10. The molecule has 0 fully saturated rings. The largest absolute Gasteiger partial charge is 0.336 e. The first-order chi connectivity index (χ1) is 8.08. The predicted molar refractivity (Wildman–Crippen MR) is 66.0 cm³/mol. The topological polar surface area (TPSA) is 65.8 Å². The molecular formula is C11H11Cl2N3O. The maximum Gasteiger partial charge on any atom is 0.255 e. The Kier molecular flexibility index (Phi) is 5.20. The SMILES string of the molecule is CCCC(C#N)NC(=O)c1ccc(Cl)nc1Cl. The molecule has 1 aromatic heterocycles. The molecular weight excluding hydrogens is 261 g/mol. The average Bonchev–Trinajstić information content (AvgIpc) is 2.28. The number of hydrogen-bond acceptors (Lipinski definition) is 3. The van der Waals surface area contributed by atoms with Crippen molar-refractivity contribution in [2.45, 2.75) is 25.8 Å². The Morgan fingerprint density at radius 1 is 1.59 bits per heavy atom. The predicted octanol–water partition coefficient (Wildman–Crippen LogP) is 2.81. The van der Waals surface area contributed by atoms with E-state index in [1.54, 1.807) is 0 Å². The molecule has 0 spiro atoms. The lowest BCUT2D eigenvalue weighted by Gasteiger charge is -2.10. The third kappa shape index (κ3) is 3.88. The minimum Gasteiger partial charge on any atom is -0.336 e. The zero-order valence-corrected chi connectivity index (χ0v) is 10.7. The zero-order valence-electron chi connectivity index (χ0n) is 9.20. The first-order valence-corrected chi connectivity index (χ1v) is 5.86. The first-order valence-electron chi connectivity index (χ1n) is 5.11. The van der Waals surface area contributed by atoms with Gasteiger partial charge in [0.2, 0.25) is 0 Å². The van der Waals surface area contributed by atoms with Crippen molar-refractivity contribution in [3.05, 3.63) is 28.0 Å². The Balaban J connectivity index is 2.79. The fourth-order valence-electron chi connectivity index (χ4n) is 1.28. The molecule has 90 valence electrons. The molecule has 0 radical (unpaired) electrons. The van der Waals surface area contributed by atoms with Crippen LogP contribution in [-0.2, 0) is 0 Å². The van der Waals surface area contributed by atoms with E-state index in [4.69, 9.17) is 28.5 Å². The summed E-state index contributed by atoms with van der Waals surface area (Å²) >= 11 is 11.4. The monoisotopic (exact) mass is 271 g/mol.